The molecule has 4 nitrogen and oxygen atoms in total. The zero-order chi connectivity index (χ0) is 17.4. The number of aliphatic hydroxyl groups is 1. The smallest absolute Gasteiger partial charge is 0.295 e. The zero-order valence-electron chi connectivity index (χ0n) is 12.7. The first-order chi connectivity index (χ1) is 11.4. The lowest BCUT2D eigenvalue weighted by Crippen LogP contribution is -2.24. The predicted octanol–water partition coefficient (Wildman–Crippen LogP) is 4.00. The summed E-state index contributed by atoms with van der Waals surface area (Å²) in [6.45, 7) is 0. The number of likely N-dealkylation sites (N-methyl/N-ethyl adjacent to an activating group) is 1. The van der Waals surface area contributed by atoms with Crippen LogP contribution in [-0.4, -0.2) is 28.7 Å². The molecule has 24 heavy (non-hydrogen) atoms. The monoisotopic (exact) mass is 453 g/mol. The number of Topliss-reactive ketones (excluding diaryl/α,β-unsaturated/α-hetero) is 1. The van der Waals surface area contributed by atoms with Crippen molar-refractivity contribution >= 4 is 51.6 Å². The van der Waals surface area contributed by atoms with Crippen LogP contribution in [0.5, 0.6) is 0 Å². The second-order valence-electron chi connectivity index (χ2n) is 5.47. The fourth-order valence-electron chi connectivity index (χ4n) is 2.75. The van der Waals surface area contributed by atoms with E-state index in [1.54, 1.807) is 31.3 Å². The highest BCUT2D eigenvalue weighted by molar-refractivity contribution is 14.1. The highest BCUT2D eigenvalue weighted by Gasteiger charge is 2.44. The molecule has 6 heteroatoms. The van der Waals surface area contributed by atoms with Gasteiger partial charge in [0.2, 0.25) is 0 Å². The summed E-state index contributed by atoms with van der Waals surface area (Å²) in [6.07, 6.45) is 0. The lowest BCUT2D eigenvalue weighted by Gasteiger charge is -2.21. The van der Waals surface area contributed by atoms with E-state index in [0.717, 1.165) is 9.13 Å². The minimum atomic E-state index is -0.687. The molecule has 0 aromatic heterocycles. The van der Waals surface area contributed by atoms with Crippen LogP contribution in [0.25, 0.3) is 5.76 Å². The number of ketones is 1. The summed E-state index contributed by atoms with van der Waals surface area (Å²) >= 11 is 8.05. The highest BCUT2D eigenvalue weighted by atomic mass is 127. The number of likely N-dealkylation sites (tertiary alicyclic amines) is 1. The number of halogens is 2. The molecule has 122 valence electrons. The first kappa shape index (κ1) is 17.0. The summed E-state index contributed by atoms with van der Waals surface area (Å²) in [7, 11) is 1.56. The summed E-state index contributed by atoms with van der Waals surface area (Å²) < 4.78 is 1.04. The van der Waals surface area contributed by atoms with Crippen molar-refractivity contribution in [1.29, 1.82) is 0 Å². The third-order valence-corrected chi connectivity index (χ3v) is 4.95. The van der Waals surface area contributed by atoms with Crippen LogP contribution < -0.4 is 0 Å². The van der Waals surface area contributed by atoms with Crippen LogP contribution in [0.4, 0.5) is 0 Å². The van der Waals surface area contributed by atoms with Crippen LogP contribution in [0.2, 0.25) is 5.02 Å². The Morgan fingerprint density at radius 1 is 1.08 bits per heavy atom. The first-order valence-corrected chi connectivity index (χ1v) is 8.62. The van der Waals surface area contributed by atoms with Crippen LogP contribution in [0.3, 0.4) is 0 Å². The lowest BCUT2D eigenvalue weighted by atomic mass is 9.95. The van der Waals surface area contributed by atoms with E-state index in [4.69, 9.17) is 11.6 Å². The van der Waals surface area contributed by atoms with Crippen molar-refractivity contribution < 1.29 is 14.7 Å². The Bertz CT molecular complexity index is 844. The maximum absolute atomic E-state index is 12.4. The molecule has 0 aliphatic carbocycles. The van der Waals surface area contributed by atoms with Gasteiger partial charge in [-0.15, -0.1) is 0 Å². The van der Waals surface area contributed by atoms with E-state index in [9.17, 15) is 14.7 Å². The molecule has 1 atom stereocenters. The topological polar surface area (TPSA) is 57.6 Å². The van der Waals surface area contributed by atoms with Crippen LogP contribution in [0.15, 0.2) is 54.1 Å². The van der Waals surface area contributed by atoms with Crippen molar-refractivity contribution in [2.24, 2.45) is 0 Å². The molecule has 1 saturated heterocycles. The lowest BCUT2D eigenvalue weighted by molar-refractivity contribution is -0.139. The number of hydrogen-bond acceptors (Lipinski definition) is 3. The Morgan fingerprint density at radius 3 is 2.25 bits per heavy atom. The van der Waals surface area contributed by atoms with E-state index in [-0.39, 0.29) is 11.3 Å². The quantitative estimate of drug-likeness (QED) is 0.324. The van der Waals surface area contributed by atoms with Gasteiger partial charge in [0, 0.05) is 21.2 Å². The SMILES string of the molecule is CN1C(=O)C(=O)/C(=C(\O)c2ccc(Cl)cc2)C1c1ccc(I)cc1. The fourth-order valence-corrected chi connectivity index (χ4v) is 3.23. The van der Waals surface area contributed by atoms with Crippen molar-refractivity contribution in [1.82, 2.24) is 4.90 Å². The van der Waals surface area contributed by atoms with Crippen LogP contribution in [-0.2, 0) is 9.59 Å². The van der Waals surface area contributed by atoms with E-state index < -0.39 is 17.7 Å². The molecule has 1 aliphatic heterocycles. The van der Waals surface area contributed by atoms with Gasteiger partial charge in [-0.05, 0) is 64.6 Å². The first-order valence-electron chi connectivity index (χ1n) is 7.16. The molecule has 1 amide bonds. The third kappa shape index (κ3) is 2.93. The van der Waals surface area contributed by atoms with Gasteiger partial charge < -0.3 is 10.0 Å². The Morgan fingerprint density at radius 2 is 1.67 bits per heavy atom. The van der Waals surface area contributed by atoms with Gasteiger partial charge in [-0.3, -0.25) is 9.59 Å². The second kappa shape index (κ2) is 6.57. The molecule has 1 N–H and O–H groups in total. The van der Waals surface area contributed by atoms with Crippen molar-refractivity contribution in [3.8, 4) is 0 Å². The van der Waals surface area contributed by atoms with Crippen molar-refractivity contribution in [3.05, 3.63) is 73.8 Å². The van der Waals surface area contributed by atoms with Crippen LogP contribution >= 0.6 is 34.2 Å². The Labute approximate surface area is 157 Å². The summed E-state index contributed by atoms with van der Waals surface area (Å²) in [4.78, 5) is 25.9. The minimum absolute atomic E-state index is 0.0889. The molecule has 1 heterocycles. The van der Waals surface area contributed by atoms with Gasteiger partial charge in [-0.2, -0.15) is 0 Å². The number of carbonyl (C=O) groups excluding carboxylic acids is 2. The molecular weight excluding hydrogens is 441 g/mol. The minimum Gasteiger partial charge on any atom is -0.507 e. The van der Waals surface area contributed by atoms with Gasteiger partial charge in [-0.1, -0.05) is 23.7 Å². The fraction of sp³-hybridized carbons (Fsp3) is 0.111. The summed E-state index contributed by atoms with van der Waals surface area (Å²) in [5, 5.41) is 11.2. The molecule has 0 radical (unpaired) electrons. The van der Waals surface area contributed by atoms with E-state index in [0.29, 0.717) is 10.6 Å². The van der Waals surface area contributed by atoms with E-state index in [1.807, 2.05) is 24.3 Å². The van der Waals surface area contributed by atoms with E-state index >= 15 is 0 Å². The average Bonchev–Trinajstić information content (AvgIpc) is 2.80. The Balaban J connectivity index is 2.16. The molecular formula is C18H13ClINO3. The molecule has 1 unspecified atom stereocenters. The Hall–Kier alpha value is -1.86. The third-order valence-electron chi connectivity index (χ3n) is 3.98. The number of aliphatic hydroxyl groups excluding tert-OH is 1. The predicted molar refractivity (Wildman–Crippen MR) is 101 cm³/mol. The van der Waals surface area contributed by atoms with Crippen molar-refractivity contribution in [2.45, 2.75) is 6.04 Å². The molecule has 2 aromatic carbocycles. The standard InChI is InChI=1S/C18H13ClINO3/c1-21-15(10-4-8-13(20)9-5-10)14(17(23)18(21)24)16(22)11-2-6-12(19)7-3-11/h2-9,15,22H,1H3/b16-14-. The summed E-state index contributed by atoms with van der Waals surface area (Å²) in [5.41, 5.74) is 1.31. The number of nitrogens with zero attached hydrogens (tertiary/aromatic N) is 1. The summed E-state index contributed by atoms with van der Waals surface area (Å²) in [6, 6.07) is 13.4. The summed E-state index contributed by atoms with van der Waals surface area (Å²) in [5.74, 6) is -1.51. The maximum atomic E-state index is 12.4. The number of amides is 1. The van der Waals surface area contributed by atoms with Gasteiger partial charge in [-0.25, -0.2) is 0 Å². The molecule has 2 aromatic rings. The average molecular weight is 454 g/mol. The largest absolute Gasteiger partial charge is 0.507 e. The Kier molecular flexibility index (Phi) is 4.64. The maximum Gasteiger partial charge on any atom is 0.295 e. The van der Waals surface area contributed by atoms with Gasteiger partial charge in [0.05, 0.1) is 11.6 Å². The number of benzene rings is 2. The van der Waals surface area contributed by atoms with Crippen LogP contribution in [0.1, 0.15) is 17.2 Å². The second-order valence-corrected chi connectivity index (χ2v) is 7.15. The molecule has 0 bridgehead atoms. The molecule has 0 saturated carbocycles. The van der Waals surface area contributed by atoms with E-state index in [2.05, 4.69) is 22.6 Å². The van der Waals surface area contributed by atoms with E-state index in [1.165, 1.54) is 4.90 Å². The van der Waals surface area contributed by atoms with Crippen LogP contribution in [0, 0.1) is 3.57 Å². The number of rotatable bonds is 2. The van der Waals surface area contributed by atoms with Gasteiger partial charge in [0.15, 0.2) is 0 Å². The van der Waals surface area contributed by atoms with Gasteiger partial charge in [0.1, 0.15) is 5.76 Å². The van der Waals surface area contributed by atoms with Gasteiger partial charge >= 0.3 is 0 Å². The highest BCUT2D eigenvalue weighted by Crippen LogP contribution is 2.38. The molecule has 3 rings (SSSR count). The normalized spacial score (nSPS) is 19.8. The van der Waals surface area contributed by atoms with Crippen molar-refractivity contribution in [3.63, 3.8) is 0 Å². The van der Waals surface area contributed by atoms with Crippen molar-refractivity contribution in [2.75, 3.05) is 7.05 Å². The zero-order valence-corrected chi connectivity index (χ0v) is 15.6. The number of hydrogen-bond donors (Lipinski definition) is 1. The molecule has 1 aliphatic rings. The molecule has 1 fully saturated rings. The van der Waals surface area contributed by atoms with Gasteiger partial charge in [0.25, 0.3) is 11.7 Å². The number of carbonyl (C=O) groups is 2. The molecule has 0 spiro atoms.